The maximum atomic E-state index is 13.0. The average Bonchev–Trinajstić information content (AvgIpc) is 2.15. The highest BCUT2D eigenvalue weighted by Crippen LogP contribution is 2.32. The van der Waals surface area contributed by atoms with Crippen LogP contribution in [-0.4, -0.2) is 17.3 Å². The third-order valence-corrected chi connectivity index (χ3v) is 3.80. The van der Waals surface area contributed by atoms with Gasteiger partial charge in [-0.25, -0.2) is 4.39 Å². The molecule has 0 bridgehead atoms. The zero-order valence-corrected chi connectivity index (χ0v) is 12.4. The quantitative estimate of drug-likeness (QED) is 0.875. The molecule has 5 heteroatoms. The summed E-state index contributed by atoms with van der Waals surface area (Å²) in [5.41, 5.74) is -0.258. The van der Waals surface area contributed by atoms with Crippen molar-refractivity contribution in [3.8, 4) is 0 Å². The van der Waals surface area contributed by atoms with Gasteiger partial charge < -0.3 is 10.4 Å². The van der Waals surface area contributed by atoms with Gasteiger partial charge in [-0.05, 0) is 40.9 Å². The Balaban J connectivity index is 2.83. The van der Waals surface area contributed by atoms with Gasteiger partial charge in [-0.2, -0.15) is 0 Å². The van der Waals surface area contributed by atoms with Gasteiger partial charge >= 0.3 is 0 Å². The molecule has 2 N–H and O–H groups in total. The molecule has 2 nitrogen and oxygen atoms in total. The molecule has 1 aromatic rings. The van der Waals surface area contributed by atoms with E-state index in [1.807, 2.05) is 13.8 Å². The standard InChI is InChI=1S/C12H16BrClFNO/c1-7(2)12(3,17)6-16-11-9(13)4-8(15)5-10(11)14/h4-5,7,16-17H,6H2,1-3H3. The Morgan fingerprint density at radius 3 is 2.59 bits per heavy atom. The van der Waals surface area contributed by atoms with Gasteiger partial charge in [0.25, 0.3) is 0 Å². The zero-order chi connectivity index (χ0) is 13.2. The fourth-order valence-corrected chi connectivity index (χ4v) is 2.14. The van der Waals surface area contributed by atoms with Crippen LogP contribution in [0.5, 0.6) is 0 Å². The Kier molecular flexibility index (Phi) is 4.81. The van der Waals surface area contributed by atoms with Crippen molar-refractivity contribution in [3.63, 3.8) is 0 Å². The summed E-state index contributed by atoms with van der Waals surface area (Å²) in [7, 11) is 0. The first-order valence-corrected chi connectivity index (χ1v) is 6.52. The van der Waals surface area contributed by atoms with Crippen molar-refractivity contribution in [1.29, 1.82) is 0 Å². The summed E-state index contributed by atoms with van der Waals surface area (Å²) in [5, 5.41) is 13.4. The normalized spacial score (nSPS) is 14.8. The van der Waals surface area contributed by atoms with Crippen molar-refractivity contribution in [1.82, 2.24) is 0 Å². The van der Waals surface area contributed by atoms with Crippen LogP contribution in [0.2, 0.25) is 5.02 Å². The zero-order valence-electron chi connectivity index (χ0n) is 10.0. The minimum Gasteiger partial charge on any atom is -0.388 e. The molecule has 0 aliphatic carbocycles. The number of rotatable bonds is 4. The summed E-state index contributed by atoms with van der Waals surface area (Å²) < 4.78 is 13.6. The van der Waals surface area contributed by atoms with Crippen LogP contribution in [0.4, 0.5) is 10.1 Å². The van der Waals surface area contributed by atoms with E-state index < -0.39 is 11.4 Å². The van der Waals surface area contributed by atoms with Crippen LogP contribution in [0.3, 0.4) is 0 Å². The largest absolute Gasteiger partial charge is 0.388 e. The van der Waals surface area contributed by atoms with E-state index in [2.05, 4.69) is 21.2 Å². The third-order valence-electron chi connectivity index (χ3n) is 2.87. The maximum absolute atomic E-state index is 13.0. The second-order valence-electron chi connectivity index (χ2n) is 4.61. The molecular weight excluding hydrogens is 308 g/mol. The molecular formula is C12H16BrClFNO. The van der Waals surface area contributed by atoms with Gasteiger partial charge in [0, 0.05) is 11.0 Å². The highest BCUT2D eigenvalue weighted by molar-refractivity contribution is 9.10. The summed E-state index contributed by atoms with van der Waals surface area (Å²) in [6.45, 7) is 5.95. The van der Waals surface area contributed by atoms with Crippen molar-refractivity contribution < 1.29 is 9.50 Å². The van der Waals surface area contributed by atoms with E-state index in [0.29, 0.717) is 16.7 Å². The van der Waals surface area contributed by atoms with E-state index in [4.69, 9.17) is 11.6 Å². The van der Waals surface area contributed by atoms with E-state index in [1.165, 1.54) is 12.1 Å². The molecule has 1 unspecified atom stereocenters. The van der Waals surface area contributed by atoms with Crippen LogP contribution in [0.1, 0.15) is 20.8 Å². The molecule has 0 saturated carbocycles. The monoisotopic (exact) mass is 323 g/mol. The fourth-order valence-electron chi connectivity index (χ4n) is 1.18. The molecule has 0 saturated heterocycles. The number of aliphatic hydroxyl groups is 1. The highest BCUT2D eigenvalue weighted by atomic mass is 79.9. The summed E-state index contributed by atoms with van der Waals surface area (Å²) in [6.07, 6.45) is 0. The molecule has 0 aliphatic rings. The number of hydrogen-bond acceptors (Lipinski definition) is 2. The van der Waals surface area contributed by atoms with Crippen molar-refractivity contribution >= 4 is 33.2 Å². The number of halogens is 3. The van der Waals surface area contributed by atoms with Crippen molar-refractivity contribution in [3.05, 3.63) is 27.4 Å². The predicted molar refractivity (Wildman–Crippen MR) is 73.1 cm³/mol. The molecule has 0 aromatic heterocycles. The van der Waals surface area contributed by atoms with E-state index in [9.17, 15) is 9.50 Å². The molecule has 17 heavy (non-hydrogen) atoms. The van der Waals surface area contributed by atoms with Crippen molar-refractivity contribution in [2.45, 2.75) is 26.4 Å². The first kappa shape index (κ1) is 14.7. The Labute approximate surface area is 114 Å². The highest BCUT2D eigenvalue weighted by Gasteiger charge is 2.25. The molecule has 96 valence electrons. The lowest BCUT2D eigenvalue weighted by Crippen LogP contribution is -2.38. The number of nitrogens with one attached hydrogen (secondary N) is 1. The second-order valence-corrected chi connectivity index (χ2v) is 5.87. The second kappa shape index (κ2) is 5.55. The lowest BCUT2D eigenvalue weighted by Gasteiger charge is -2.28. The minimum atomic E-state index is -0.850. The first-order valence-electron chi connectivity index (χ1n) is 5.35. The van der Waals surface area contributed by atoms with Gasteiger partial charge in [-0.1, -0.05) is 25.4 Å². The number of benzene rings is 1. The fraction of sp³-hybridized carbons (Fsp3) is 0.500. The van der Waals surface area contributed by atoms with Crippen molar-refractivity contribution in [2.75, 3.05) is 11.9 Å². The molecule has 0 aliphatic heterocycles. The summed E-state index contributed by atoms with van der Waals surface area (Å²) >= 11 is 9.16. The van der Waals surface area contributed by atoms with Gasteiger partial charge in [-0.15, -0.1) is 0 Å². The summed E-state index contributed by atoms with van der Waals surface area (Å²) in [5.74, 6) is -0.295. The molecule has 1 rings (SSSR count). The van der Waals surface area contributed by atoms with E-state index >= 15 is 0 Å². The molecule has 1 atom stereocenters. The SMILES string of the molecule is CC(C)C(C)(O)CNc1c(Cl)cc(F)cc1Br. The molecule has 0 amide bonds. The Morgan fingerprint density at radius 1 is 1.53 bits per heavy atom. The molecule has 0 heterocycles. The Hall–Kier alpha value is -0.320. The van der Waals surface area contributed by atoms with Gasteiger partial charge in [0.2, 0.25) is 0 Å². The van der Waals surface area contributed by atoms with Gasteiger partial charge in [0.1, 0.15) is 5.82 Å². The molecule has 0 radical (unpaired) electrons. The maximum Gasteiger partial charge on any atom is 0.125 e. The summed E-state index contributed by atoms with van der Waals surface area (Å²) in [4.78, 5) is 0. The summed E-state index contributed by atoms with van der Waals surface area (Å²) in [6, 6.07) is 2.57. The van der Waals surface area contributed by atoms with Gasteiger partial charge in [-0.3, -0.25) is 0 Å². The molecule has 1 aromatic carbocycles. The molecule has 0 spiro atoms. The Bertz CT molecular complexity index is 386. The van der Waals surface area contributed by atoms with Crippen molar-refractivity contribution in [2.24, 2.45) is 5.92 Å². The van der Waals surface area contributed by atoms with Gasteiger partial charge in [0.05, 0.1) is 16.3 Å². The van der Waals surface area contributed by atoms with Crippen LogP contribution < -0.4 is 5.32 Å². The van der Waals surface area contributed by atoms with Crippen LogP contribution >= 0.6 is 27.5 Å². The van der Waals surface area contributed by atoms with E-state index in [0.717, 1.165) is 0 Å². The Morgan fingerprint density at radius 2 is 2.12 bits per heavy atom. The van der Waals surface area contributed by atoms with Crippen LogP contribution in [0.15, 0.2) is 16.6 Å². The smallest absolute Gasteiger partial charge is 0.125 e. The van der Waals surface area contributed by atoms with E-state index in [1.54, 1.807) is 6.92 Å². The van der Waals surface area contributed by atoms with Crippen LogP contribution in [0.25, 0.3) is 0 Å². The lowest BCUT2D eigenvalue weighted by atomic mass is 9.92. The topological polar surface area (TPSA) is 32.3 Å². The van der Waals surface area contributed by atoms with Crippen LogP contribution in [-0.2, 0) is 0 Å². The number of anilines is 1. The lowest BCUT2D eigenvalue weighted by molar-refractivity contribution is 0.0266. The predicted octanol–water partition coefficient (Wildman–Crippen LogP) is 4.06. The molecule has 0 fully saturated rings. The minimum absolute atomic E-state index is 0.105. The van der Waals surface area contributed by atoms with Crippen LogP contribution in [0, 0.1) is 11.7 Å². The average molecular weight is 325 g/mol. The third kappa shape index (κ3) is 3.83. The number of hydrogen-bond donors (Lipinski definition) is 2. The van der Waals surface area contributed by atoms with Gasteiger partial charge in [0.15, 0.2) is 0 Å². The van der Waals surface area contributed by atoms with E-state index in [-0.39, 0.29) is 10.9 Å². The first-order chi connectivity index (χ1) is 7.74.